The zero-order valence-corrected chi connectivity index (χ0v) is 12.0. The summed E-state index contributed by atoms with van der Waals surface area (Å²) in [5, 5.41) is 17.9. The van der Waals surface area contributed by atoms with Crippen LogP contribution in [0.4, 0.5) is 0 Å². The molecule has 0 bridgehead atoms. The molecule has 0 aromatic carbocycles. The van der Waals surface area contributed by atoms with E-state index in [4.69, 9.17) is 26.8 Å². The summed E-state index contributed by atoms with van der Waals surface area (Å²) in [5.41, 5.74) is 0. The van der Waals surface area contributed by atoms with Crippen molar-refractivity contribution in [3.05, 3.63) is 29.1 Å². The summed E-state index contributed by atoms with van der Waals surface area (Å²) in [5.74, 6) is -2.98. The second-order valence-electron chi connectivity index (χ2n) is 4.02. The number of thioether (sulfide) groups is 1. The second-order valence-corrected chi connectivity index (χ2v) is 5.69. The topological polar surface area (TPSA) is 108 Å². The van der Waals surface area contributed by atoms with E-state index in [1.165, 1.54) is 12.3 Å². The molecule has 0 spiro atoms. The minimum absolute atomic E-state index is 0.00598. The molecule has 2 rings (SSSR count). The first kappa shape index (κ1) is 15.3. The molecule has 2 N–H and O–H groups in total. The van der Waals surface area contributed by atoms with E-state index in [1.807, 2.05) is 0 Å². The molecule has 1 aliphatic rings. The normalized spacial score (nSPS) is 18.3. The Labute approximate surface area is 128 Å². The van der Waals surface area contributed by atoms with Gasteiger partial charge in [0.05, 0.1) is 17.6 Å². The Hall–Kier alpha value is -2.13. The van der Waals surface area contributed by atoms with Crippen LogP contribution >= 0.6 is 24.0 Å². The molecule has 1 amide bonds. The van der Waals surface area contributed by atoms with Gasteiger partial charge in [0.1, 0.15) is 16.1 Å². The molecule has 1 aromatic rings. The number of amides is 1. The van der Waals surface area contributed by atoms with Gasteiger partial charge in [-0.05, 0) is 12.1 Å². The highest BCUT2D eigenvalue weighted by Crippen LogP contribution is 2.34. The Morgan fingerprint density at radius 2 is 2.19 bits per heavy atom. The second kappa shape index (κ2) is 6.10. The van der Waals surface area contributed by atoms with E-state index in [-0.39, 0.29) is 9.23 Å². The third-order valence-corrected chi connectivity index (χ3v) is 3.94. The van der Waals surface area contributed by atoms with Crippen LogP contribution in [0.1, 0.15) is 12.2 Å². The van der Waals surface area contributed by atoms with Gasteiger partial charge in [-0.15, -0.1) is 0 Å². The zero-order chi connectivity index (χ0) is 15.6. The van der Waals surface area contributed by atoms with E-state index >= 15 is 0 Å². The maximum Gasteiger partial charge on any atom is 0.327 e. The third-order valence-electron chi connectivity index (χ3n) is 2.60. The first-order valence-electron chi connectivity index (χ1n) is 5.65. The number of hydrogen-bond acceptors (Lipinski definition) is 6. The lowest BCUT2D eigenvalue weighted by molar-refractivity contribution is -0.150. The van der Waals surface area contributed by atoms with Gasteiger partial charge in [0.15, 0.2) is 0 Å². The van der Waals surface area contributed by atoms with Crippen LogP contribution in [0.5, 0.6) is 0 Å². The van der Waals surface area contributed by atoms with Crippen LogP contribution in [0.3, 0.4) is 0 Å². The van der Waals surface area contributed by atoms with Gasteiger partial charge in [0.2, 0.25) is 0 Å². The van der Waals surface area contributed by atoms with E-state index in [0.29, 0.717) is 5.76 Å². The molecule has 0 aliphatic carbocycles. The Bertz CT molecular complexity index is 636. The van der Waals surface area contributed by atoms with Gasteiger partial charge in [-0.1, -0.05) is 24.0 Å². The number of nitrogens with zero attached hydrogens (tertiary/aromatic N) is 1. The van der Waals surface area contributed by atoms with Crippen LogP contribution in [0.2, 0.25) is 0 Å². The molecule has 0 saturated carbocycles. The fraction of sp³-hybridized carbons (Fsp3) is 0.167. The molecule has 1 atom stereocenters. The zero-order valence-electron chi connectivity index (χ0n) is 10.4. The van der Waals surface area contributed by atoms with Crippen molar-refractivity contribution >= 4 is 52.2 Å². The van der Waals surface area contributed by atoms with Crippen LogP contribution in [0.15, 0.2) is 27.7 Å². The lowest BCUT2D eigenvalue weighted by atomic mass is 10.2. The maximum atomic E-state index is 12.2. The van der Waals surface area contributed by atoms with E-state index in [1.54, 1.807) is 12.1 Å². The smallest absolute Gasteiger partial charge is 0.327 e. The fourth-order valence-electron chi connectivity index (χ4n) is 1.71. The summed E-state index contributed by atoms with van der Waals surface area (Å²) in [6.45, 7) is 0. The predicted molar refractivity (Wildman–Crippen MR) is 77.4 cm³/mol. The van der Waals surface area contributed by atoms with Gasteiger partial charge in [-0.25, -0.2) is 4.79 Å². The Balaban J connectivity index is 2.29. The molecular weight excluding hydrogens is 318 g/mol. The van der Waals surface area contributed by atoms with Crippen molar-refractivity contribution in [2.75, 3.05) is 0 Å². The first-order chi connectivity index (χ1) is 9.90. The number of hydrogen-bond donors (Lipinski definition) is 2. The standard InChI is InChI=1S/C12H9NO6S2/c14-9(15)5-7(11(17)18)13-10(16)8(21-12(13)20)4-6-2-1-3-19-6/h1-4,7H,5H2,(H,14,15)(H,17,18). The molecule has 2 heterocycles. The Morgan fingerprint density at radius 1 is 1.48 bits per heavy atom. The molecule has 9 heteroatoms. The average molecular weight is 327 g/mol. The number of thiocarbonyl (C=S) groups is 1. The summed E-state index contributed by atoms with van der Waals surface area (Å²) in [6, 6.07) is 1.73. The molecule has 1 aromatic heterocycles. The van der Waals surface area contributed by atoms with Gasteiger partial charge >= 0.3 is 11.9 Å². The van der Waals surface area contributed by atoms with Crippen molar-refractivity contribution in [1.82, 2.24) is 4.90 Å². The molecule has 1 unspecified atom stereocenters. The summed E-state index contributed by atoms with van der Waals surface area (Å²) in [4.78, 5) is 35.1. The number of carbonyl (C=O) groups excluding carboxylic acids is 1. The number of rotatable bonds is 5. The quantitative estimate of drug-likeness (QED) is 0.617. The number of carboxylic acid groups (broad SMARTS) is 2. The van der Waals surface area contributed by atoms with Crippen LogP contribution in [0.25, 0.3) is 6.08 Å². The molecule has 7 nitrogen and oxygen atoms in total. The summed E-state index contributed by atoms with van der Waals surface area (Å²) >= 11 is 5.88. The van der Waals surface area contributed by atoms with Crippen molar-refractivity contribution in [1.29, 1.82) is 0 Å². The van der Waals surface area contributed by atoms with Crippen LogP contribution in [0, 0.1) is 0 Å². The number of furan rings is 1. The van der Waals surface area contributed by atoms with Crippen molar-refractivity contribution in [2.24, 2.45) is 0 Å². The van der Waals surface area contributed by atoms with Gasteiger partial charge in [0.25, 0.3) is 5.91 Å². The summed E-state index contributed by atoms with van der Waals surface area (Å²) in [6.07, 6.45) is 2.13. The molecular formula is C12H9NO6S2. The van der Waals surface area contributed by atoms with Crippen molar-refractivity contribution in [3.63, 3.8) is 0 Å². The van der Waals surface area contributed by atoms with E-state index < -0.39 is 30.3 Å². The van der Waals surface area contributed by atoms with Crippen molar-refractivity contribution in [3.8, 4) is 0 Å². The maximum absolute atomic E-state index is 12.2. The minimum atomic E-state index is -1.53. The largest absolute Gasteiger partial charge is 0.481 e. The van der Waals surface area contributed by atoms with Crippen molar-refractivity contribution in [2.45, 2.75) is 12.5 Å². The molecule has 0 radical (unpaired) electrons. The first-order valence-corrected chi connectivity index (χ1v) is 6.88. The highest BCUT2D eigenvalue weighted by molar-refractivity contribution is 8.26. The predicted octanol–water partition coefficient (Wildman–Crippen LogP) is 1.41. The number of aliphatic carboxylic acids is 2. The van der Waals surface area contributed by atoms with E-state index in [2.05, 4.69) is 0 Å². The number of carboxylic acids is 2. The molecule has 1 aliphatic heterocycles. The minimum Gasteiger partial charge on any atom is -0.481 e. The van der Waals surface area contributed by atoms with Crippen molar-refractivity contribution < 1.29 is 29.0 Å². The summed E-state index contributed by atoms with van der Waals surface area (Å²) < 4.78 is 5.08. The van der Waals surface area contributed by atoms with Gasteiger partial charge in [0, 0.05) is 6.08 Å². The van der Waals surface area contributed by atoms with Crippen LogP contribution in [-0.2, 0) is 14.4 Å². The van der Waals surface area contributed by atoms with Crippen LogP contribution in [-0.4, -0.2) is 43.3 Å². The third kappa shape index (κ3) is 3.31. The summed E-state index contributed by atoms with van der Waals surface area (Å²) in [7, 11) is 0. The van der Waals surface area contributed by atoms with Gasteiger partial charge in [-0.2, -0.15) is 0 Å². The average Bonchev–Trinajstić information content (AvgIpc) is 2.97. The van der Waals surface area contributed by atoms with Crippen LogP contribution < -0.4 is 0 Å². The Morgan fingerprint density at radius 3 is 2.71 bits per heavy atom. The monoisotopic (exact) mass is 327 g/mol. The highest BCUT2D eigenvalue weighted by atomic mass is 32.2. The van der Waals surface area contributed by atoms with Gasteiger partial charge in [-0.3, -0.25) is 14.5 Å². The Kier molecular flexibility index (Phi) is 4.43. The van der Waals surface area contributed by atoms with E-state index in [9.17, 15) is 14.4 Å². The molecule has 110 valence electrons. The highest BCUT2D eigenvalue weighted by Gasteiger charge is 2.41. The molecule has 21 heavy (non-hydrogen) atoms. The lowest BCUT2D eigenvalue weighted by Gasteiger charge is -2.21. The SMILES string of the molecule is O=C(O)CC(C(=O)O)N1C(=O)C(=Cc2ccco2)SC1=S. The molecule has 1 fully saturated rings. The van der Waals surface area contributed by atoms with Gasteiger partial charge < -0.3 is 14.6 Å². The number of carbonyl (C=O) groups is 3. The lowest BCUT2D eigenvalue weighted by Crippen LogP contribution is -2.45. The fourth-order valence-corrected chi connectivity index (χ4v) is 3.04. The van der Waals surface area contributed by atoms with E-state index in [0.717, 1.165) is 16.7 Å². The molecule has 1 saturated heterocycles.